The topological polar surface area (TPSA) is 132 Å². The van der Waals surface area contributed by atoms with Crippen LogP contribution in [0.1, 0.15) is 0 Å². The Hall–Kier alpha value is 0.110. The summed E-state index contributed by atoms with van der Waals surface area (Å²) in [5.41, 5.74) is 0. The van der Waals surface area contributed by atoms with Crippen LogP contribution in [0.15, 0.2) is 0 Å². The second-order valence-corrected chi connectivity index (χ2v) is 2.68. The lowest BCUT2D eigenvalue weighted by Crippen LogP contribution is -1.89. The van der Waals surface area contributed by atoms with E-state index in [1.807, 2.05) is 0 Å². The quantitative estimate of drug-likeness (QED) is 0.381. The summed E-state index contributed by atoms with van der Waals surface area (Å²) in [4.78, 5) is 14.2. The Labute approximate surface area is 72.8 Å². The Morgan fingerprint density at radius 2 is 1.08 bits per heavy atom. The lowest BCUT2D eigenvalue weighted by molar-refractivity contribution is 0.380. The van der Waals surface area contributed by atoms with Crippen molar-refractivity contribution in [3.63, 3.8) is 0 Å². The molecule has 0 aliphatic rings. The van der Waals surface area contributed by atoms with Crippen LogP contribution in [0.25, 0.3) is 0 Å². The summed E-state index contributed by atoms with van der Waals surface area (Å²) in [5, 5.41) is 0. The smallest absolute Gasteiger partial charge is 0.264 e. The summed E-state index contributed by atoms with van der Waals surface area (Å²) in [7, 11) is -11.7. The predicted octanol–water partition coefficient (Wildman–Crippen LogP) is 1.10. The zero-order chi connectivity index (χ0) is 11.7. The Bertz CT molecular complexity index is 195. The van der Waals surface area contributed by atoms with Gasteiger partial charge in [0.25, 0.3) is 0 Å². The first-order chi connectivity index (χ1) is 5.46. The van der Waals surface area contributed by atoms with Crippen LogP contribution in [-0.2, 0) is 15.0 Å². The van der Waals surface area contributed by atoms with Crippen LogP contribution >= 0.6 is 17.1 Å². The molecular formula is H4F3O7P2S+. The van der Waals surface area contributed by atoms with Gasteiger partial charge in [-0.05, 0) is 0 Å². The molecule has 0 aliphatic carbocycles. The van der Waals surface area contributed by atoms with E-state index in [1.54, 1.807) is 0 Å². The SMILES string of the molecule is FP(F)F.O=S(=O)(O)O.O=[P+](O)O. The molecule has 82 valence electrons. The average molecular weight is 267 g/mol. The van der Waals surface area contributed by atoms with Crippen LogP contribution in [-0.4, -0.2) is 27.3 Å². The second kappa shape index (κ2) is 10.2. The first-order valence-corrected chi connectivity index (χ1v) is 5.36. The minimum atomic E-state index is -4.67. The Kier molecular flexibility index (Phi) is 14.7. The highest BCUT2D eigenvalue weighted by Gasteiger charge is 1.93. The molecule has 0 rings (SSSR count). The van der Waals surface area contributed by atoms with Crippen molar-refractivity contribution in [2.45, 2.75) is 0 Å². The van der Waals surface area contributed by atoms with Gasteiger partial charge in [-0.3, -0.25) is 9.11 Å². The van der Waals surface area contributed by atoms with E-state index in [0.717, 1.165) is 0 Å². The van der Waals surface area contributed by atoms with Gasteiger partial charge in [-0.2, -0.15) is 21.0 Å². The van der Waals surface area contributed by atoms with Gasteiger partial charge in [-0.25, -0.2) is 0 Å². The van der Waals surface area contributed by atoms with Crippen molar-refractivity contribution < 1.29 is 44.5 Å². The molecule has 0 saturated carbocycles. The highest BCUT2D eigenvalue weighted by molar-refractivity contribution is 7.79. The summed E-state index contributed by atoms with van der Waals surface area (Å²) in [5.74, 6) is 0. The van der Waals surface area contributed by atoms with E-state index >= 15 is 0 Å². The third kappa shape index (κ3) is 102000. The van der Waals surface area contributed by atoms with Gasteiger partial charge in [-0.15, -0.1) is 9.79 Å². The molecule has 0 aromatic heterocycles. The van der Waals surface area contributed by atoms with E-state index in [0.29, 0.717) is 0 Å². The van der Waals surface area contributed by atoms with Crippen molar-refractivity contribution in [1.29, 1.82) is 0 Å². The van der Waals surface area contributed by atoms with Gasteiger partial charge in [0.15, 0.2) is 0 Å². The molecule has 0 unspecified atom stereocenters. The molecular weight excluding hydrogens is 263 g/mol. The van der Waals surface area contributed by atoms with E-state index in [4.69, 9.17) is 31.9 Å². The molecule has 0 bridgehead atoms. The Morgan fingerprint density at radius 3 is 1.08 bits per heavy atom. The van der Waals surface area contributed by atoms with Gasteiger partial charge in [-0.1, -0.05) is 0 Å². The molecule has 0 aromatic rings. The maximum atomic E-state index is 9.73. The minimum absolute atomic E-state index is 2.87. The largest absolute Gasteiger partial charge is 0.692 e. The first-order valence-electron chi connectivity index (χ1n) is 1.79. The second-order valence-electron chi connectivity index (χ2n) is 0.892. The molecule has 0 atom stereocenters. The van der Waals surface area contributed by atoms with Gasteiger partial charge in [0.05, 0.1) is 0 Å². The molecule has 0 spiro atoms. The molecule has 0 heterocycles. The predicted molar refractivity (Wildman–Crippen MR) is 36.5 cm³/mol. The molecule has 0 amide bonds. The highest BCUT2D eigenvalue weighted by atomic mass is 32.3. The number of hydrogen-bond donors (Lipinski definition) is 4. The molecule has 0 saturated heterocycles. The van der Waals surface area contributed by atoms with E-state index in [1.165, 1.54) is 0 Å². The standard InChI is InChI=1S/F3P.H2O4S.HO3P/c1-4(2)3;1-5(2,3)4;1-4(2)3/h;(H2,1,2,3,4);(H-,1,2,3)/p+1. The molecule has 0 fully saturated rings. The molecule has 0 radical (unpaired) electrons. The molecule has 0 aromatic carbocycles. The number of hydrogen-bond acceptors (Lipinski definition) is 3. The van der Waals surface area contributed by atoms with E-state index < -0.39 is 27.5 Å². The van der Waals surface area contributed by atoms with Crippen LogP contribution in [0.3, 0.4) is 0 Å². The zero-order valence-electron chi connectivity index (χ0n) is 5.45. The minimum Gasteiger partial charge on any atom is -0.264 e. The number of rotatable bonds is 0. The van der Waals surface area contributed by atoms with Gasteiger partial charge in [0.1, 0.15) is 0 Å². The van der Waals surface area contributed by atoms with Gasteiger partial charge in [0, 0.05) is 4.57 Å². The van der Waals surface area contributed by atoms with Gasteiger partial charge < -0.3 is 0 Å². The Morgan fingerprint density at radius 1 is 1.08 bits per heavy atom. The molecule has 7 nitrogen and oxygen atoms in total. The van der Waals surface area contributed by atoms with E-state index in [-0.39, 0.29) is 0 Å². The zero-order valence-corrected chi connectivity index (χ0v) is 8.06. The summed E-state index contributed by atoms with van der Waals surface area (Å²) < 4.78 is 69.5. The number of halogens is 3. The third-order valence-corrected chi connectivity index (χ3v) is 0. The fraction of sp³-hybridized carbons (Fsp3) is 0. The molecule has 4 N–H and O–H groups in total. The summed E-state index contributed by atoms with van der Waals surface area (Å²) in [6.07, 6.45) is 0. The molecule has 13 heavy (non-hydrogen) atoms. The van der Waals surface area contributed by atoms with Crippen LogP contribution in [0, 0.1) is 0 Å². The van der Waals surface area contributed by atoms with Crippen LogP contribution < -0.4 is 0 Å². The van der Waals surface area contributed by atoms with E-state index in [2.05, 4.69) is 0 Å². The van der Waals surface area contributed by atoms with Crippen molar-refractivity contribution in [1.82, 2.24) is 0 Å². The fourth-order valence-electron chi connectivity index (χ4n) is 0. The molecule has 13 heteroatoms. The van der Waals surface area contributed by atoms with Crippen molar-refractivity contribution in [2.24, 2.45) is 0 Å². The van der Waals surface area contributed by atoms with Gasteiger partial charge >= 0.3 is 27.5 Å². The van der Waals surface area contributed by atoms with Crippen LogP contribution in [0.5, 0.6) is 0 Å². The summed E-state index contributed by atoms with van der Waals surface area (Å²) >= 11 is 0. The summed E-state index contributed by atoms with van der Waals surface area (Å²) in [6.45, 7) is 0. The first kappa shape index (κ1) is 18.8. The third-order valence-electron chi connectivity index (χ3n) is 0. The van der Waals surface area contributed by atoms with E-state index in [9.17, 15) is 12.6 Å². The van der Waals surface area contributed by atoms with Crippen molar-refractivity contribution in [3.05, 3.63) is 0 Å². The van der Waals surface area contributed by atoms with Crippen molar-refractivity contribution >= 4 is 27.5 Å². The maximum Gasteiger partial charge on any atom is 0.692 e. The fourth-order valence-corrected chi connectivity index (χ4v) is 0. The Balaban J connectivity index is -0.000000117. The highest BCUT2D eigenvalue weighted by Crippen LogP contribution is 2.39. The van der Waals surface area contributed by atoms with Crippen LogP contribution in [0.2, 0.25) is 0 Å². The molecule has 0 aliphatic heterocycles. The monoisotopic (exact) mass is 267 g/mol. The lowest BCUT2D eigenvalue weighted by Gasteiger charge is -1.68. The normalized spacial score (nSPS) is 9.23. The average Bonchev–Trinajstić information content (AvgIpc) is 1.50. The van der Waals surface area contributed by atoms with Crippen molar-refractivity contribution in [3.8, 4) is 0 Å². The van der Waals surface area contributed by atoms with Crippen molar-refractivity contribution in [2.75, 3.05) is 0 Å². The van der Waals surface area contributed by atoms with Gasteiger partial charge in [0.2, 0.25) is 0 Å². The summed E-state index contributed by atoms with van der Waals surface area (Å²) in [6, 6.07) is 0. The van der Waals surface area contributed by atoms with Crippen LogP contribution in [0.4, 0.5) is 12.6 Å². The lowest BCUT2D eigenvalue weighted by atomic mass is 15.8. The maximum absolute atomic E-state index is 9.73.